The Labute approximate surface area is 147 Å². The molecule has 1 fully saturated rings. The molecule has 0 radical (unpaired) electrons. The molecule has 0 bridgehead atoms. The topological polar surface area (TPSA) is 49.9 Å². The van der Waals surface area contributed by atoms with Crippen molar-refractivity contribution in [3.05, 3.63) is 71.3 Å². The monoisotopic (exact) mass is 338 g/mol. The Bertz CT molecular complexity index is 743. The largest absolute Gasteiger partial charge is 0.465 e. The number of carbonyl (C=O) groups excluding carboxylic acids is 2. The molecule has 5 heteroatoms. The van der Waals surface area contributed by atoms with Crippen LogP contribution in [-0.2, 0) is 4.74 Å². The van der Waals surface area contributed by atoms with Crippen molar-refractivity contribution >= 4 is 11.9 Å². The van der Waals surface area contributed by atoms with Crippen LogP contribution in [0.4, 0.5) is 0 Å². The molecule has 1 heterocycles. The first-order valence-electron chi connectivity index (χ1n) is 8.33. The lowest BCUT2D eigenvalue weighted by molar-refractivity contribution is 0.0496. The van der Waals surface area contributed by atoms with Gasteiger partial charge in [0.2, 0.25) is 0 Å². The van der Waals surface area contributed by atoms with Crippen molar-refractivity contribution in [3.63, 3.8) is 0 Å². The lowest BCUT2D eigenvalue weighted by atomic mass is 10.0. The molecule has 2 aromatic carbocycles. The number of esters is 1. The normalized spacial score (nSPS) is 18.0. The SMILES string of the molecule is COC(=O)c1ccc(C(=O)N2CCN(C)CC2c2ccccc2)cc1. The van der Waals surface area contributed by atoms with Crippen LogP contribution in [0.25, 0.3) is 0 Å². The highest BCUT2D eigenvalue weighted by atomic mass is 16.5. The van der Waals surface area contributed by atoms with Gasteiger partial charge >= 0.3 is 5.97 Å². The van der Waals surface area contributed by atoms with Crippen molar-refractivity contribution in [2.75, 3.05) is 33.8 Å². The van der Waals surface area contributed by atoms with Gasteiger partial charge in [0.15, 0.2) is 0 Å². The van der Waals surface area contributed by atoms with E-state index in [-0.39, 0.29) is 11.9 Å². The van der Waals surface area contributed by atoms with E-state index in [4.69, 9.17) is 4.74 Å². The average molecular weight is 338 g/mol. The van der Waals surface area contributed by atoms with Crippen LogP contribution in [0, 0.1) is 0 Å². The van der Waals surface area contributed by atoms with E-state index in [0.717, 1.165) is 18.7 Å². The lowest BCUT2D eigenvalue weighted by Gasteiger charge is -2.40. The minimum absolute atomic E-state index is 0.0154. The van der Waals surface area contributed by atoms with Crippen molar-refractivity contribution in [2.24, 2.45) is 0 Å². The van der Waals surface area contributed by atoms with Crippen molar-refractivity contribution in [1.82, 2.24) is 9.80 Å². The highest BCUT2D eigenvalue weighted by molar-refractivity contribution is 5.96. The summed E-state index contributed by atoms with van der Waals surface area (Å²) in [5.41, 5.74) is 2.16. The van der Waals surface area contributed by atoms with Crippen LogP contribution in [0.5, 0.6) is 0 Å². The third-order valence-corrected chi connectivity index (χ3v) is 4.58. The van der Waals surface area contributed by atoms with Gasteiger partial charge in [-0.3, -0.25) is 4.79 Å². The second kappa shape index (κ2) is 7.49. The fourth-order valence-electron chi connectivity index (χ4n) is 3.16. The first-order valence-corrected chi connectivity index (χ1v) is 8.33. The van der Waals surface area contributed by atoms with Crippen molar-refractivity contribution < 1.29 is 14.3 Å². The summed E-state index contributed by atoms with van der Waals surface area (Å²) >= 11 is 0. The molecule has 0 saturated carbocycles. The summed E-state index contributed by atoms with van der Waals surface area (Å²) in [6.07, 6.45) is 0. The zero-order chi connectivity index (χ0) is 17.8. The number of rotatable bonds is 3. The molecule has 1 unspecified atom stereocenters. The molecule has 5 nitrogen and oxygen atoms in total. The van der Waals surface area contributed by atoms with Crippen LogP contribution in [0.3, 0.4) is 0 Å². The number of ether oxygens (including phenoxy) is 1. The highest BCUT2D eigenvalue weighted by Crippen LogP contribution is 2.26. The van der Waals surface area contributed by atoms with Crippen LogP contribution in [-0.4, -0.2) is 55.5 Å². The number of amides is 1. The van der Waals surface area contributed by atoms with E-state index < -0.39 is 5.97 Å². The summed E-state index contributed by atoms with van der Waals surface area (Å²) in [4.78, 5) is 28.7. The molecular formula is C20H22N2O3. The van der Waals surface area contributed by atoms with E-state index in [1.165, 1.54) is 7.11 Å². The van der Waals surface area contributed by atoms with Crippen molar-refractivity contribution in [2.45, 2.75) is 6.04 Å². The number of likely N-dealkylation sites (N-methyl/N-ethyl adjacent to an activating group) is 1. The quantitative estimate of drug-likeness (QED) is 0.807. The predicted octanol–water partition coefficient (Wildman–Crippen LogP) is 2.60. The van der Waals surface area contributed by atoms with Crippen LogP contribution in [0.2, 0.25) is 0 Å². The molecule has 0 aliphatic carbocycles. The fraction of sp³-hybridized carbons (Fsp3) is 0.300. The maximum Gasteiger partial charge on any atom is 0.337 e. The number of benzene rings is 2. The maximum absolute atomic E-state index is 13.0. The molecule has 1 amide bonds. The Morgan fingerprint density at radius 3 is 2.24 bits per heavy atom. The minimum Gasteiger partial charge on any atom is -0.465 e. The summed E-state index contributed by atoms with van der Waals surface area (Å²) in [5.74, 6) is -0.417. The lowest BCUT2D eigenvalue weighted by Crippen LogP contribution is -2.49. The van der Waals surface area contributed by atoms with Crippen LogP contribution in [0.1, 0.15) is 32.3 Å². The van der Waals surface area contributed by atoms with Crippen molar-refractivity contribution in [3.8, 4) is 0 Å². The van der Waals surface area contributed by atoms with Crippen LogP contribution in [0.15, 0.2) is 54.6 Å². The standard InChI is InChI=1S/C20H22N2O3/c1-21-12-13-22(18(14-21)15-6-4-3-5-7-15)19(23)16-8-10-17(11-9-16)20(24)25-2/h3-11,18H,12-14H2,1-2H3. The Kier molecular flexibility index (Phi) is 5.14. The van der Waals surface area contributed by atoms with E-state index in [1.54, 1.807) is 24.3 Å². The van der Waals surface area contributed by atoms with Gasteiger partial charge in [-0.05, 0) is 36.9 Å². The third-order valence-electron chi connectivity index (χ3n) is 4.58. The van der Waals surface area contributed by atoms with Crippen molar-refractivity contribution in [1.29, 1.82) is 0 Å². The summed E-state index contributed by atoms with van der Waals surface area (Å²) in [6.45, 7) is 2.32. The summed E-state index contributed by atoms with van der Waals surface area (Å²) < 4.78 is 4.70. The molecule has 0 aromatic heterocycles. The number of methoxy groups -OCH3 is 1. The number of hydrogen-bond donors (Lipinski definition) is 0. The van der Waals surface area contributed by atoms with Gasteiger partial charge in [0.05, 0.1) is 18.7 Å². The fourth-order valence-corrected chi connectivity index (χ4v) is 3.16. The predicted molar refractivity (Wildman–Crippen MR) is 95.5 cm³/mol. The minimum atomic E-state index is -0.402. The Morgan fingerprint density at radius 1 is 0.960 bits per heavy atom. The summed E-state index contributed by atoms with van der Waals surface area (Å²) in [6, 6.07) is 16.8. The van der Waals surface area contributed by atoms with E-state index in [0.29, 0.717) is 17.7 Å². The Balaban J connectivity index is 1.85. The number of nitrogens with zero attached hydrogens (tertiary/aromatic N) is 2. The molecule has 25 heavy (non-hydrogen) atoms. The summed E-state index contributed by atoms with van der Waals surface area (Å²) in [7, 11) is 3.42. The van der Waals surface area contributed by atoms with Gasteiger partial charge in [-0.25, -0.2) is 4.79 Å². The molecule has 1 atom stereocenters. The van der Waals surface area contributed by atoms with Gasteiger partial charge in [0.25, 0.3) is 5.91 Å². The smallest absolute Gasteiger partial charge is 0.337 e. The van der Waals surface area contributed by atoms with Crippen LogP contribution >= 0.6 is 0 Å². The van der Waals surface area contributed by atoms with Gasteiger partial charge in [-0.2, -0.15) is 0 Å². The van der Waals surface area contributed by atoms with Gasteiger partial charge in [0.1, 0.15) is 0 Å². The zero-order valence-corrected chi connectivity index (χ0v) is 14.5. The molecule has 1 saturated heterocycles. The number of carbonyl (C=O) groups is 2. The highest BCUT2D eigenvalue weighted by Gasteiger charge is 2.30. The average Bonchev–Trinajstić information content (AvgIpc) is 2.67. The summed E-state index contributed by atoms with van der Waals surface area (Å²) in [5, 5.41) is 0. The van der Waals surface area contributed by atoms with Gasteiger partial charge in [-0.15, -0.1) is 0 Å². The Morgan fingerprint density at radius 2 is 1.60 bits per heavy atom. The molecule has 0 N–H and O–H groups in total. The van der Waals surface area contributed by atoms with Crippen LogP contribution < -0.4 is 0 Å². The number of hydrogen-bond acceptors (Lipinski definition) is 4. The molecule has 0 spiro atoms. The molecular weight excluding hydrogens is 316 g/mol. The van der Waals surface area contributed by atoms with Gasteiger partial charge in [0, 0.05) is 25.2 Å². The van der Waals surface area contributed by atoms with E-state index in [9.17, 15) is 9.59 Å². The molecule has 3 rings (SSSR count). The number of piperazine rings is 1. The molecule has 2 aromatic rings. The van der Waals surface area contributed by atoms with Gasteiger partial charge < -0.3 is 14.5 Å². The molecule has 1 aliphatic heterocycles. The third kappa shape index (κ3) is 3.72. The first-order chi connectivity index (χ1) is 12.1. The first kappa shape index (κ1) is 17.2. The van der Waals surface area contributed by atoms with E-state index in [2.05, 4.69) is 24.1 Å². The Hall–Kier alpha value is -2.66. The molecule has 130 valence electrons. The molecule has 1 aliphatic rings. The second-order valence-electron chi connectivity index (χ2n) is 6.26. The zero-order valence-electron chi connectivity index (χ0n) is 14.5. The second-order valence-corrected chi connectivity index (χ2v) is 6.26. The van der Waals surface area contributed by atoms with E-state index >= 15 is 0 Å². The van der Waals surface area contributed by atoms with Gasteiger partial charge in [-0.1, -0.05) is 30.3 Å². The maximum atomic E-state index is 13.0. The van der Waals surface area contributed by atoms with E-state index in [1.807, 2.05) is 23.1 Å².